The third kappa shape index (κ3) is 2.29. The van der Waals surface area contributed by atoms with Crippen LogP contribution in [-0.2, 0) is 13.0 Å². The molecule has 3 rings (SSSR count). The Morgan fingerprint density at radius 2 is 1.89 bits per heavy atom. The number of hydrogen-bond acceptors (Lipinski definition) is 4. The Labute approximate surface area is 111 Å². The molecule has 0 amide bonds. The Morgan fingerprint density at radius 1 is 1.16 bits per heavy atom. The second kappa shape index (κ2) is 4.59. The fraction of sp³-hybridized carbons (Fsp3) is 0.357. The fourth-order valence-electron chi connectivity index (χ4n) is 2.46. The lowest BCUT2D eigenvalue weighted by atomic mass is 10.1. The number of aromatic amines is 1. The van der Waals surface area contributed by atoms with Crippen LogP contribution in [0.1, 0.15) is 22.6 Å². The van der Waals surface area contributed by atoms with Crippen molar-refractivity contribution < 1.29 is 0 Å². The molecule has 0 aromatic carbocycles. The monoisotopic (exact) mass is 256 g/mol. The highest BCUT2D eigenvalue weighted by atomic mass is 16.1. The molecular weight excluding hydrogens is 240 g/mol. The highest BCUT2D eigenvalue weighted by Gasteiger charge is 2.15. The molecular formula is C14H16N4O. The van der Waals surface area contributed by atoms with E-state index in [9.17, 15) is 4.79 Å². The van der Waals surface area contributed by atoms with Crippen LogP contribution in [0, 0.1) is 13.8 Å². The number of nitrogens with one attached hydrogen (secondary N) is 2. The molecule has 0 atom stereocenters. The number of H-pyrrole nitrogens is 1. The first kappa shape index (κ1) is 12.0. The van der Waals surface area contributed by atoms with Gasteiger partial charge in [-0.25, -0.2) is 4.98 Å². The van der Waals surface area contributed by atoms with Crippen molar-refractivity contribution in [2.24, 2.45) is 0 Å². The quantitative estimate of drug-likeness (QED) is 0.801. The topological polar surface area (TPSA) is 70.7 Å². The first-order valence-electron chi connectivity index (χ1n) is 6.42. The number of rotatable bonds is 1. The van der Waals surface area contributed by atoms with Gasteiger partial charge in [-0.15, -0.1) is 0 Å². The van der Waals surface area contributed by atoms with E-state index in [1.54, 1.807) is 0 Å². The van der Waals surface area contributed by atoms with Crippen molar-refractivity contribution in [1.82, 2.24) is 20.3 Å². The second-order valence-corrected chi connectivity index (χ2v) is 4.91. The molecule has 2 aromatic heterocycles. The van der Waals surface area contributed by atoms with Crippen LogP contribution in [0.25, 0.3) is 11.4 Å². The predicted molar refractivity (Wildman–Crippen MR) is 73.0 cm³/mol. The number of aromatic nitrogens is 3. The molecule has 0 aliphatic carbocycles. The highest BCUT2D eigenvalue weighted by molar-refractivity contribution is 5.56. The molecule has 1 aliphatic rings. The van der Waals surface area contributed by atoms with Gasteiger partial charge in [-0.2, -0.15) is 0 Å². The van der Waals surface area contributed by atoms with E-state index in [-0.39, 0.29) is 5.56 Å². The zero-order valence-electron chi connectivity index (χ0n) is 11.1. The summed E-state index contributed by atoms with van der Waals surface area (Å²) in [5.41, 5.74) is 4.40. The molecule has 0 saturated carbocycles. The minimum absolute atomic E-state index is 0.0423. The zero-order chi connectivity index (χ0) is 13.4. The SMILES string of the molecule is Cc1cc(-c2nc3c(c(=O)[nH]2)CNCC3)cc(C)n1. The molecule has 0 saturated heterocycles. The summed E-state index contributed by atoms with van der Waals surface area (Å²) in [7, 11) is 0. The van der Waals surface area contributed by atoms with Crippen molar-refractivity contribution in [1.29, 1.82) is 0 Å². The van der Waals surface area contributed by atoms with E-state index in [4.69, 9.17) is 0 Å². The van der Waals surface area contributed by atoms with Crippen LogP contribution in [0.15, 0.2) is 16.9 Å². The second-order valence-electron chi connectivity index (χ2n) is 4.91. The molecule has 5 nitrogen and oxygen atoms in total. The van der Waals surface area contributed by atoms with Gasteiger partial charge in [0.1, 0.15) is 5.82 Å². The van der Waals surface area contributed by atoms with Crippen molar-refractivity contribution in [2.75, 3.05) is 6.54 Å². The number of aryl methyl sites for hydroxylation is 2. The third-order valence-corrected chi connectivity index (χ3v) is 3.30. The van der Waals surface area contributed by atoms with Gasteiger partial charge in [0.2, 0.25) is 0 Å². The standard InChI is InChI=1S/C14H16N4O/c1-8-5-10(6-9(2)16-8)13-17-12-3-4-15-7-11(12)14(19)18-13/h5-6,15H,3-4,7H2,1-2H3,(H,17,18,19). The number of pyridine rings is 1. The van der Waals surface area contributed by atoms with E-state index in [1.807, 2.05) is 26.0 Å². The molecule has 0 unspecified atom stereocenters. The fourth-order valence-corrected chi connectivity index (χ4v) is 2.46. The van der Waals surface area contributed by atoms with Gasteiger partial charge in [0.05, 0.1) is 11.3 Å². The van der Waals surface area contributed by atoms with Gasteiger partial charge in [0, 0.05) is 36.5 Å². The average molecular weight is 256 g/mol. The van der Waals surface area contributed by atoms with Crippen LogP contribution >= 0.6 is 0 Å². The summed E-state index contributed by atoms with van der Waals surface area (Å²) < 4.78 is 0. The summed E-state index contributed by atoms with van der Waals surface area (Å²) in [5, 5.41) is 3.19. The van der Waals surface area contributed by atoms with Crippen molar-refractivity contribution in [2.45, 2.75) is 26.8 Å². The van der Waals surface area contributed by atoms with Crippen LogP contribution in [0.2, 0.25) is 0 Å². The number of hydrogen-bond donors (Lipinski definition) is 2. The molecule has 2 N–H and O–H groups in total. The molecule has 0 fully saturated rings. The highest BCUT2D eigenvalue weighted by Crippen LogP contribution is 2.17. The Hall–Kier alpha value is -2.01. The van der Waals surface area contributed by atoms with E-state index in [0.717, 1.165) is 41.2 Å². The van der Waals surface area contributed by atoms with Crippen LogP contribution in [0.3, 0.4) is 0 Å². The Kier molecular flexibility index (Phi) is 2.91. The summed E-state index contributed by atoms with van der Waals surface area (Å²) in [6, 6.07) is 3.89. The Morgan fingerprint density at radius 3 is 2.63 bits per heavy atom. The first-order valence-corrected chi connectivity index (χ1v) is 6.42. The lowest BCUT2D eigenvalue weighted by molar-refractivity contribution is 0.621. The maximum absolute atomic E-state index is 12.1. The van der Waals surface area contributed by atoms with Crippen molar-refractivity contribution in [3.63, 3.8) is 0 Å². The lowest BCUT2D eigenvalue weighted by Crippen LogP contribution is -2.31. The van der Waals surface area contributed by atoms with Gasteiger partial charge in [-0.05, 0) is 26.0 Å². The minimum atomic E-state index is -0.0423. The summed E-state index contributed by atoms with van der Waals surface area (Å²) in [6.45, 7) is 5.36. The Balaban J connectivity index is 2.15. The Bertz CT molecular complexity index is 670. The van der Waals surface area contributed by atoms with Crippen LogP contribution in [0.4, 0.5) is 0 Å². The van der Waals surface area contributed by atoms with E-state index < -0.39 is 0 Å². The van der Waals surface area contributed by atoms with Crippen molar-refractivity contribution in [3.05, 3.63) is 45.1 Å². The normalized spacial score (nSPS) is 14.2. The van der Waals surface area contributed by atoms with Gasteiger partial charge < -0.3 is 10.3 Å². The van der Waals surface area contributed by atoms with E-state index in [1.165, 1.54) is 0 Å². The van der Waals surface area contributed by atoms with E-state index in [2.05, 4.69) is 20.3 Å². The van der Waals surface area contributed by atoms with Crippen molar-refractivity contribution >= 4 is 0 Å². The zero-order valence-corrected chi connectivity index (χ0v) is 11.1. The molecule has 5 heteroatoms. The minimum Gasteiger partial charge on any atom is -0.312 e. The van der Waals surface area contributed by atoms with Gasteiger partial charge in [0.25, 0.3) is 5.56 Å². The maximum Gasteiger partial charge on any atom is 0.255 e. The first-order chi connectivity index (χ1) is 9.13. The lowest BCUT2D eigenvalue weighted by Gasteiger charge is -2.16. The molecule has 3 heterocycles. The summed E-state index contributed by atoms with van der Waals surface area (Å²) >= 11 is 0. The average Bonchev–Trinajstić information content (AvgIpc) is 2.37. The summed E-state index contributed by atoms with van der Waals surface area (Å²) in [5.74, 6) is 0.638. The molecule has 19 heavy (non-hydrogen) atoms. The molecule has 0 radical (unpaired) electrons. The summed E-state index contributed by atoms with van der Waals surface area (Å²) in [4.78, 5) is 23.9. The van der Waals surface area contributed by atoms with E-state index >= 15 is 0 Å². The van der Waals surface area contributed by atoms with Gasteiger partial charge in [-0.1, -0.05) is 0 Å². The molecule has 2 aromatic rings. The summed E-state index contributed by atoms with van der Waals surface area (Å²) in [6.07, 6.45) is 0.801. The van der Waals surface area contributed by atoms with Crippen molar-refractivity contribution in [3.8, 4) is 11.4 Å². The van der Waals surface area contributed by atoms with Gasteiger partial charge in [-0.3, -0.25) is 9.78 Å². The predicted octanol–water partition coefficient (Wildman–Crippen LogP) is 1.09. The smallest absolute Gasteiger partial charge is 0.255 e. The van der Waals surface area contributed by atoms with Crippen LogP contribution < -0.4 is 10.9 Å². The molecule has 0 spiro atoms. The molecule has 1 aliphatic heterocycles. The third-order valence-electron chi connectivity index (χ3n) is 3.30. The molecule has 98 valence electrons. The molecule has 0 bridgehead atoms. The van der Waals surface area contributed by atoms with Gasteiger partial charge >= 0.3 is 0 Å². The number of nitrogens with zero attached hydrogens (tertiary/aromatic N) is 2. The maximum atomic E-state index is 12.1. The number of fused-ring (bicyclic) bond motifs is 1. The largest absolute Gasteiger partial charge is 0.312 e. The van der Waals surface area contributed by atoms with Gasteiger partial charge in [0.15, 0.2) is 0 Å². The van der Waals surface area contributed by atoms with E-state index in [0.29, 0.717) is 12.4 Å². The van der Waals surface area contributed by atoms with Crippen LogP contribution in [0.5, 0.6) is 0 Å². The van der Waals surface area contributed by atoms with Crippen LogP contribution in [-0.4, -0.2) is 21.5 Å².